The number of fused-ring (bicyclic) bond motifs is 15. The summed E-state index contributed by atoms with van der Waals surface area (Å²) in [5.74, 6) is 0. The van der Waals surface area contributed by atoms with Crippen molar-refractivity contribution in [3.63, 3.8) is 0 Å². The molecule has 0 saturated heterocycles. The summed E-state index contributed by atoms with van der Waals surface area (Å²) < 4.78 is 0. The van der Waals surface area contributed by atoms with E-state index in [0.717, 1.165) is 45.7 Å². The molecule has 0 fully saturated rings. The average molecular weight is 947 g/mol. The lowest BCUT2D eigenvalue weighted by atomic mass is 9.69. The van der Waals surface area contributed by atoms with E-state index < -0.39 is 5.41 Å². The summed E-state index contributed by atoms with van der Waals surface area (Å²) in [6.07, 6.45) is 18.5. The molecular formula is C72H54N2. The highest BCUT2D eigenvalue weighted by atomic mass is 15.1. The predicted octanol–water partition coefficient (Wildman–Crippen LogP) is 19.2. The van der Waals surface area contributed by atoms with Gasteiger partial charge in [-0.2, -0.15) is 0 Å². The van der Waals surface area contributed by atoms with Crippen molar-refractivity contribution in [3.05, 3.63) is 294 Å². The molecule has 1 N–H and O–H groups in total. The van der Waals surface area contributed by atoms with E-state index in [1.807, 2.05) is 6.08 Å². The van der Waals surface area contributed by atoms with E-state index in [9.17, 15) is 0 Å². The molecule has 1 heterocycles. The van der Waals surface area contributed by atoms with Gasteiger partial charge in [0.25, 0.3) is 0 Å². The van der Waals surface area contributed by atoms with Crippen LogP contribution in [-0.4, -0.2) is 4.98 Å². The van der Waals surface area contributed by atoms with Gasteiger partial charge in [-0.1, -0.05) is 221 Å². The average Bonchev–Trinajstić information content (AvgIpc) is 4.05. The largest absolute Gasteiger partial charge is 0.354 e. The summed E-state index contributed by atoms with van der Waals surface area (Å²) in [4.78, 5) is 6.41. The Morgan fingerprint density at radius 1 is 0.527 bits per heavy atom. The number of aromatic amines is 1. The molecule has 4 aliphatic rings. The molecule has 0 saturated carbocycles. The fourth-order valence-electron chi connectivity index (χ4n) is 13.3. The highest BCUT2D eigenvalue weighted by molar-refractivity contribution is 6.10. The molecule has 9 aromatic carbocycles. The summed E-state index contributed by atoms with van der Waals surface area (Å²) >= 11 is 0. The number of hydrogen-bond donors (Lipinski definition) is 1. The third-order valence-electron chi connectivity index (χ3n) is 16.5. The summed E-state index contributed by atoms with van der Waals surface area (Å²) in [5, 5.41) is 2.39. The van der Waals surface area contributed by atoms with Crippen LogP contribution in [0.25, 0.3) is 77.5 Å². The van der Waals surface area contributed by atoms with Crippen LogP contribution in [0, 0.1) is 0 Å². The first kappa shape index (κ1) is 43.8. The van der Waals surface area contributed by atoms with Crippen LogP contribution >= 0.6 is 0 Å². The van der Waals surface area contributed by atoms with Crippen molar-refractivity contribution < 1.29 is 0 Å². The Morgan fingerprint density at radius 3 is 1.99 bits per heavy atom. The highest BCUT2D eigenvalue weighted by Gasteiger charge is 2.52. The number of hydrogen-bond acceptors (Lipinski definition) is 1. The maximum Gasteiger partial charge on any atom is 0.0725 e. The number of aromatic nitrogens is 1. The van der Waals surface area contributed by atoms with Crippen LogP contribution in [0.4, 0.5) is 17.1 Å². The number of nitrogens with zero attached hydrogens (tertiary/aromatic N) is 1. The minimum Gasteiger partial charge on any atom is -0.354 e. The first-order valence-corrected chi connectivity index (χ1v) is 26.0. The van der Waals surface area contributed by atoms with Crippen LogP contribution in [0.1, 0.15) is 66.1 Å². The first-order chi connectivity index (χ1) is 36.4. The van der Waals surface area contributed by atoms with Gasteiger partial charge < -0.3 is 9.88 Å². The summed E-state index contributed by atoms with van der Waals surface area (Å²) in [7, 11) is 0. The summed E-state index contributed by atoms with van der Waals surface area (Å²) in [5.41, 5.74) is 27.7. The number of allylic oxidation sites excluding steroid dienone is 11. The second kappa shape index (κ2) is 16.8. The normalized spacial score (nSPS) is 16.6. The second-order valence-corrected chi connectivity index (χ2v) is 20.7. The third kappa shape index (κ3) is 6.31. The Kier molecular flexibility index (Phi) is 9.94. The van der Waals surface area contributed by atoms with Gasteiger partial charge >= 0.3 is 0 Å². The molecule has 4 aliphatic carbocycles. The molecular weight excluding hydrogens is 893 g/mol. The smallest absolute Gasteiger partial charge is 0.0725 e. The molecule has 352 valence electrons. The minimum atomic E-state index is -0.480. The molecule has 0 aliphatic heterocycles. The van der Waals surface area contributed by atoms with E-state index in [1.165, 1.54) is 99.8 Å². The van der Waals surface area contributed by atoms with Crippen LogP contribution in [-0.2, 0) is 10.8 Å². The molecule has 0 radical (unpaired) electrons. The number of H-pyrrole nitrogens is 1. The highest BCUT2D eigenvalue weighted by Crippen LogP contribution is 2.64. The lowest BCUT2D eigenvalue weighted by Gasteiger charge is -2.32. The van der Waals surface area contributed by atoms with Gasteiger partial charge in [0.1, 0.15) is 0 Å². The lowest BCUT2D eigenvalue weighted by molar-refractivity contribution is 0.660. The van der Waals surface area contributed by atoms with Crippen LogP contribution in [0.2, 0.25) is 0 Å². The number of rotatable bonds is 8. The van der Waals surface area contributed by atoms with Gasteiger partial charge in [-0.05, 0) is 150 Å². The molecule has 0 bridgehead atoms. The molecule has 1 atom stereocenters. The van der Waals surface area contributed by atoms with Gasteiger partial charge in [0, 0.05) is 44.2 Å². The SMILES string of the molecule is C=C/C=C(\C=C/C)c1ccc2c(c1)[nH]c1cc(N(c3ccc4c(c3)C(C)(C)c3ccccc3-4)c3ccc(-c4ccccc4)cc3-c3cccc4c3-c3ccccc3C43C4=C(C=CCC=C4)c4ccccc43)ccc12. The van der Waals surface area contributed by atoms with Crippen molar-refractivity contribution in [2.75, 3.05) is 4.90 Å². The van der Waals surface area contributed by atoms with Crippen molar-refractivity contribution in [1.82, 2.24) is 4.98 Å². The van der Waals surface area contributed by atoms with Crippen LogP contribution in [0.3, 0.4) is 0 Å². The Bertz CT molecular complexity index is 4160. The third-order valence-corrected chi connectivity index (χ3v) is 16.5. The molecule has 2 heteroatoms. The molecule has 1 spiro atoms. The molecule has 14 rings (SSSR count). The van der Waals surface area contributed by atoms with Crippen molar-refractivity contribution in [2.24, 2.45) is 0 Å². The standard InChI is InChI=1S/C72H54N2/c1-5-20-46(21-6-2)49-34-38-56-57-40-37-51(45-68(57)73-67(56)43-49)74(50-36-39-55-52-25-13-16-29-61(52)71(3,4)66(55)44-50)69-41-35-48(47-22-9-7-10-23-47)42-60(69)58-28-19-33-65-70(58)59-27-15-18-32-64(59)72(65)62-30-12-8-11-24-53(62)54-26-14-17-31-63(54)72/h5-7,9-45,73H,1,8H2,2-4H3/b21-6-,46-20+. The van der Waals surface area contributed by atoms with E-state index in [2.05, 4.69) is 274 Å². The van der Waals surface area contributed by atoms with Crippen LogP contribution < -0.4 is 4.90 Å². The number of anilines is 3. The van der Waals surface area contributed by atoms with Crippen LogP contribution in [0.5, 0.6) is 0 Å². The van der Waals surface area contributed by atoms with E-state index in [4.69, 9.17) is 0 Å². The van der Waals surface area contributed by atoms with E-state index in [1.54, 1.807) is 0 Å². The molecule has 74 heavy (non-hydrogen) atoms. The number of nitrogens with one attached hydrogen (secondary N) is 1. The van der Waals surface area contributed by atoms with Gasteiger partial charge in [-0.15, -0.1) is 0 Å². The van der Waals surface area contributed by atoms with Gasteiger partial charge in [0.05, 0.1) is 11.1 Å². The maximum absolute atomic E-state index is 4.00. The molecule has 10 aromatic rings. The molecule has 0 amide bonds. The van der Waals surface area contributed by atoms with Gasteiger partial charge in [-0.3, -0.25) is 0 Å². The van der Waals surface area contributed by atoms with E-state index in [-0.39, 0.29) is 5.41 Å². The summed E-state index contributed by atoms with van der Waals surface area (Å²) in [6.45, 7) is 10.8. The van der Waals surface area contributed by atoms with Crippen molar-refractivity contribution in [1.29, 1.82) is 0 Å². The van der Waals surface area contributed by atoms with Gasteiger partial charge in [0.15, 0.2) is 0 Å². The van der Waals surface area contributed by atoms with Crippen LogP contribution in [0.15, 0.2) is 255 Å². The van der Waals surface area contributed by atoms with Gasteiger partial charge in [-0.25, -0.2) is 0 Å². The predicted molar refractivity (Wildman–Crippen MR) is 313 cm³/mol. The zero-order valence-corrected chi connectivity index (χ0v) is 42.0. The molecule has 1 unspecified atom stereocenters. The fraction of sp³-hybridized carbons (Fsp3) is 0.0833. The van der Waals surface area contributed by atoms with E-state index in [0.29, 0.717) is 0 Å². The maximum atomic E-state index is 4.00. The van der Waals surface area contributed by atoms with E-state index >= 15 is 0 Å². The molecule has 1 aromatic heterocycles. The Morgan fingerprint density at radius 2 is 1.18 bits per heavy atom. The summed E-state index contributed by atoms with van der Waals surface area (Å²) in [6, 6.07) is 73.3. The zero-order chi connectivity index (χ0) is 49.7. The van der Waals surface area contributed by atoms with Crippen molar-refractivity contribution >= 4 is 50.0 Å². The monoisotopic (exact) mass is 946 g/mol. The Labute approximate surface area is 434 Å². The minimum absolute atomic E-state index is 0.191. The van der Waals surface area contributed by atoms with Gasteiger partial charge in [0.2, 0.25) is 0 Å². The van der Waals surface area contributed by atoms with Crippen molar-refractivity contribution in [2.45, 2.75) is 38.0 Å². The fourth-order valence-corrected chi connectivity index (χ4v) is 13.3. The quantitative estimate of drug-likeness (QED) is 0.150. The molecule has 2 nitrogen and oxygen atoms in total. The number of benzene rings is 9. The first-order valence-electron chi connectivity index (χ1n) is 26.0. The lowest BCUT2D eigenvalue weighted by Crippen LogP contribution is -2.26. The Balaban J connectivity index is 1.04. The topological polar surface area (TPSA) is 19.0 Å². The zero-order valence-electron chi connectivity index (χ0n) is 42.0. The van der Waals surface area contributed by atoms with Crippen molar-refractivity contribution in [3.8, 4) is 44.5 Å². The Hall–Kier alpha value is -8.98. The second-order valence-electron chi connectivity index (χ2n) is 20.7.